The molecule has 4 rings (SSSR count). The van der Waals surface area contributed by atoms with Crippen molar-refractivity contribution in [3.8, 4) is 17.0 Å². The minimum Gasteiger partial charge on any atom is -0.508 e. The van der Waals surface area contributed by atoms with E-state index in [0.29, 0.717) is 0 Å². The molecule has 4 nitrogen and oxygen atoms in total. The lowest BCUT2D eigenvalue weighted by atomic mass is 10.0. The molecule has 1 aliphatic heterocycles. The molecule has 0 radical (unpaired) electrons. The smallest absolute Gasteiger partial charge is 0.150 e. The van der Waals surface area contributed by atoms with Gasteiger partial charge in [-0.2, -0.15) is 5.10 Å². The summed E-state index contributed by atoms with van der Waals surface area (Å²) in [6, 6.07) is 14.1. The predicted molar refractivity (Wildman–Crippen MR) is 91.7 cm³/mol. The number of phenols is 1. The van der Waals surface area contributed by atoms with Gasteiger partial charge in [0.2, 0.25) is 0 Å². The van der Waals surface area contributed by atoms with Crippen molar-refractivity contribution in [3.05, 3.63) is 64.8 Å². The Morgan fingerprint density at radius 2 is 1.74 bits per heavy atom. The van der Waals surface area contributed by atoms with Crippen LogP contribution in [0.4, 0.5) is 5.69 Å². The van der Waals surface area contributed by atoms with Gasteiger partial charge in [-0.15, -0.1) is 0 Å². The number of benzene rings is 2. The summed E-state index contributed by atoms with van der Waals surface area (Å²) in [7, 11) is 0. The normalized spacial score (nSPS) is 15.7. The maximum atomic E-state index is 10.3. The van der Waals surface area contributed by atoms with Gasteiger partial charge in [0.25, 0.3) is 0 Å². The summed E-state index contributed by atoms with van der Waals surface area (Å²) in [5, 5.41) is 18.5. The number of rotatable bonds is 1. The van der Waals surface area contributed by atoms with Crippen LogP contribution >= 0.6 is 0 Å². The van der Waals surface area contributed by atoms with E-state index in [1.54, 1.807) is 6.07 Å². The zero-order valence-electron chi connectivity index (χ0n) is 13.5. The average molecular weight is 305 g/mol. The highest BCUT2D eigenvalue weighted by molar-refractivity contribution is 5.79. The van der Waals surface area contributed by atoms with Crippen molar-refractivity contribution in [3.63, 3.8) is 0 Å². The summed E-state index contributed by atoms with van der Waals surface area (Å²) in [6.07, 6.45) is -0.214. The maximum absolute atomic E-state index is 10.3. The van der Waals surface area contributed by atoms with Crippen LogP contribution in [-0.4, -0.2) is 14.9 Å². The molecule has 0 saturated heterocycles. The number of hydrogen-bond acceptors (Lipinski definition) is 3. The third kappa shape index (κ3) is 2.18. The molecule has 0 saturated carbocycles. The first-order valence-electron chi connectivity index (χ1n) is 7.76. The Morgan fingerprint density at radius 1 is 1.00 bits per heavy atom. The van der Waals surface area contributed by atoms with Crippen LogP contribution in [0.25, 0.3) is 11.3 Å². The Kier molecular flexibility index (Phi) is 2.94. The summed E-state index contributed by atoms with van der Waals surface area (Å²) in [6.45, 7) is 6.11. The number of aromatic hydroxyl groups is 1. The lowest BCUT2D eigenvalue weighted by Crippen LogP contribution is -2.25. The molecule has 4 heteroatoms. The number of aromatic nitrogens is 2. The summed E-state index contributed by atoms with van der Waals surface area (Å²) in [5.74, 6) is 0.280. The Morgan fingerprint density at radius 3 is 2.57 bits per heavy atom. The van der Waals surface area contributed by atoms with Gasteiger partial charge in [0.1, 0.15) is 5.75 Å². The van der Waals surface area contributed by atoms with Crippen molar-refractivity contribution in [1.29, 1.82) is 0 Å². The zero-order chi connectivity index (χ0) is 16.1. The van der Waals surface area contributed by atoms with Crippen molar-refractivity contribution in [1.82, 2.24) is 9.78 Å². The molecule has 116 valence electrons. The molecule has 0 spiro atoms. The van der Waals surface area contributed by atoms with E-state index in [1.807, 2.05) is 30.7 Å². The molecule has 23 heavy (non-hydrogen) atoms. The monoisotopic (exact) mass is 305 g/mol. The van der Waals surface area contributed by atoms with Crippen molar-refractivity contribution >= 4 is 5.69 Å². The van der Waals surface area contributed by atoms with Crippen LogP contribution in [0.15, 0.2) is 42.5 Å². The van der Waals surface area contributed by atoms with Crippen LogP contribution in [0.2, 0.25) is 0 Å². The van der Waals surface area contributed by atoms with E-state index in [1.165, 1.54) is 5.56 Å². The molecule has 0 amide bonds. The van der Waals surface area contributed by atoms with Gasteiger partial charge in [0, 0.05) is 16.8 Å². The van der Waals surface area contributed by atoms with Gasteiger partial charge in [-0.05, 0) is 51.1 Å². The second kappa shape index (κ2) is 4.88. The molecule has 0 fully saturated rings. The largest absolute Gasteiger partial charge is 0.508 e. The molecular weight excluding hydrogens is 286 g/mol. The molecule has 1 aromatic heterocycles. The Hall–Kier alpha value is -2.75. The van der Waals surface area contributed by atoms with E-state index in [0.717, 1.165) is 33.8 Å². The van der Waals surface area contributed by atoms with Crippen LogP contribution in [0.3, 0.4) is 0 Å². The molecule has 2 heterocycles. The molecule has 0 aliphatic carbocycles. The van der Waals surface area contributed by atoms with E-state index in [9.17, 15) is 5.11 Å². The minimum atomic E-state index is -0.214. The van der Waals surface area contributed by atoms with Gasteiger partial charge < -0.3 is 10.4 Å². The average Bonchev–Trinajstić information content (AvgIpc) is 2.91. The Labute approximate surface area is 135 Å². The number of nitrogens with one attached hydrogen (secondary N) is 1. The zero-order valence-corrected chi connectivity index (χ0v) is 13.5. The lowest BCUT2D eigenvalue weighted by Gasteiger charge is -2.30. The second-order valence-electron chi connectivity index (χ2n) is 6.27. The van der Waals surface area contributed by atoms with Crippen LogP contribution in [0.1, 0.15) is 28.6 Å². The van der Waals surface area contributed by atoms with Crippen molar-refractivity contribution in [2.45, 2.75) is 26.9 Å². The predicted octanol–water partition coefficient (Wildman–Crippen LogP) is 4.15. The summed E-state index contributed by atoms with van der Waals surface area (Å²) in [5.41, 5.74) is 7.41. The van der Waals surface area contributed by atoms with Crippen molar-refractivity contribution in [2.24, 2.45) is 0 Å². The standard InChI is InChI=1S/C19H19N3O/c1-11-4-6-16-14(8-11)17-10-13(3)21-22(17)19(20-16)15-9-12(2)5-7-18(15)23/h4-10,19-20,23H,1-3H3. The number of hydrogen-bond donors (Lipinski definition) is 2. The van der Waals surface area contributed by atoms with Gasteiger partial charge in [-0.1, -0.05) is 23.3 Å². The van der Waals surface area contributed by atoms with Crippen LogP contribution < -0.4 is 5.32 Å². The van der Waals surface area contributed by atoms with Crippen molar-refractivity contribution < 1.29 is 5.11 Å². The molecule has 1 atom stereocenters. The maximum Gasteiger partial charge on any atom is 0.150 e. The van der Waals surface area contributed by atoms with Gasteiger partial charge >= 0.3 is 0 Å². The van der Waals surface area contributed by atoms with Gasteiger partial charge in [0.05, 0.1) is 11.4 Å². The Balaban J connectivity index is 1.94. The van der Waals surface area contributed by atoms with Crippen LogP contribution in [0, 0.1) is 20.8 Å². The highest BCUT2D eigenvalue weighted by atomic mass is 16.3. The number of phenolic OH excluding ortho intramolecular Hbond substituents is 1. The summed E-state index contributed by atoms with van der Waals surface area (Å²) < 4.78 is 1.96. The second-order valence-corrected chi connectivity index (χ2v) is 6.27. The summed E-state index contributed by atoms with van der Waals surface area (Å²) >= 11 is 0. The van der Waals surface area contributed by atoms with Crippen LogP contribution in [0.5, 0.6) is 5.75 Å². The first-order chi connectivity index (χ1) is 11.0. The van der Waals surface area contributed by atoms with E-state index in [4.69, 9.17) is 0 Å². The van der Waals surface area contributed by atoms with Crippen LogP contribution in [-0.2, 0) is 0 Å². The van der Waals surface area contributed by atoms with E-state index >= 15 is 0 Å². The van der Waals surface area contributed by atoms with Gasteiger partial charge in [-0.3, -0.25) is 0 Å². The topological polar surface area (TPSA) is 50.1 Å². The van der Waals surface area contributed by atoms with E-state index < -0.39 is 0 Å². The highest BCUT2D eigenvalue weighted by Gasteiger charge is 2.28. The third-order valence-corrected chi connectivity index (χ3v) is 4.32. The van der Waals surface area contributed by atoms with Gasteiger partial charge in [0.15, 0.2) is 6.17 Å². The molecule has 3 aromatic rings. The van der Waals surface area contributed by atoms with E-state index in [-0.39, 0.29) is 11.9 Å². The first-order valence-corrected chi connectivity index (χ1v) is 7.76. The van der Waals surface area contributed by atoms with Gasteiger partial charge in [-0.25, -0.2) is 4.68 Å². The quantitative estimate of drug-likeness (QED) is 0.710. The Bertz CT molecular complexity index is 911. The number of nitrogens with zero attached hydrogens (tertiary/aromatic N) is 2. The molecule has 1 aliphatic rings. The molecule has 0 bridgehead atoms. The fourth-order valence-corrected chi connectivity index (χ4v) is 3.22. The highest BCUT2D eigenvalue weighted by Crippen LogP contribution is 2.40. The lowest BCUT2D eigenvalue weighted by molar-refractivity contribution is 0.452. The number of fused-ring (bicyclic) bond motifs is 3. The fraction of sp³-hybridized carbons (Fsp3) is 0.211. The fourth-order valence-electron chi connectivity index (χ4n) is 3.22. The van der Waals surface area contributed by atoms with Crippen molar-refractivity contribution in [2.75, 3.05) is 5.32 Å². The third-order valence-electron chi connectivity index (χ3n) is 4.32. The number of anilines is 1. The number of aryl methyl sites for hydroxylation is 3. The molecule has 2 N–H and O–H groups in total. The summed E-state index contributed by atoms with van der Waals surface area (Å²) in [4.78, 5) is 0. The first kappa shape index (κ1) is 13.9. The van der Waals surface area contributed by atoms with E-state index in [2.05, 4.69) is 41.6 Å². The molecular formula is C19H19N3O. The molecule has 2 aromatic carbocycles. The SMILES string of the molecule is Cc1ccc2c(c1)-c1cc(C)nn1C(c1cc(C)ccc1O)N2. The minimum absolute atomic E-state index is 0.214. The molecule has 1 unspecified atom stereocenters.